The molecule has 2 aliphatic carbocycles. The molecule has 0 amide bonds. The average Bonchev–Trinajstić information content (AvgIpc) is 3.42. The van der Waals surface area contributed by atoms with E-state index in [1.807, 2.05) is 13.2 Å². The molecule has 0 radical (unpaired) electrons. The number of carboxylic acid groups (broad SMARTS) is 1. The van der Waals surface area contributed by atoms with Gasteiger partial charge in [-0.15, -0.1) is 11.8 Å². The van der Waals surface area contributed by atoms with Crippen LogP contribution in [0.2, 0.25) is 0 Å². The quantitative estimate of drug-likeness (QED) is 0.317. The van der Waals surface area contributed by atoms with Gasteiger partial charge in [-0.05, 0) is 57.3 Å². The van der Waals surface area contributed by atoms with Crippen LogP contribution in [0.25, 0.3) is 0 Å². The number of halogens is 1. The second-order valence-electron chi connectivity index (χ2n) is 9.18. The molecule has 1 N–H and O–H groups in total. The monoisotopic (exact) mass is 514 g/mol. The van der Waals surface area contributed by atoms with Gasteiger partial charge in [0.25, 0.3) is 0 Å². The van der Waals surface area contributed by atoms with Gasteiger partial charge in [-0.2, -0.15) is 8.70 Å². The normalized spacial score (nSPS) is 28.6. The Hall–Kier alpha value is -1.82. The molecule has 2 saturated carbocycles. The highest BCUT2D eigenvalue weighted by Gasteiger charge is 2.52. The maximum atomic E-state index is 13.8. The molecule has 188 valence electrons. The van der Waals surface area contributed by atoms with E-state index in [-0.39, 0.29) is 28.8 Å². The molecule has 3 aliphatic rings. The molecule has 0 spiro atoms. The smallest absolute Gasteiger partial charge is 0.368 e. The second kappa shape index (κ2) is 9.67. The Balaban J connectivity index is 1.86. The van der Waals surface area contributed by atoms with Crippen molar-refractivity contribution in [1.82, 2.24) is 4.31 Å². The molecular formula is C23H31FN2O6S2. The molecule has 0 aromatic heterocycles. The van der Waals surface area contributed by atoms with Crippen LogP contribution in [-0.4, -0.2) is 68.4 Å². The van der Waals surface area contributed by atoms with Crippen LogP contribution in [-0.2, 0) is 19.6 Å². The third-order valence-corrected chi connectivity index (χ3v) is 10.1. The predicted molar refractivity (Wildman–Crippen MR) is 128 cm³/mol. The molecule has 11 heteroatoms. The minimum atomic E-state index is -3.93. The van der Waals surface area contributed by atoms with Gasteiger partial charge in [0.1, 0.15) is 16.9 Å². The Morgan fingerprint density at radius 2 is 2.06 bits per heavy atom. The van der Waals surface area contributed by atoms with Crippen LogP contribution in [0.3, 0.4) is 0 Å². The summed E-state index contributed by atoms with van der Waals surface area (Å²) in [7, 11) is -2.37. The molecule has 1 aliphatic heterocycles. The molecule has 1 aromatic carbocycles. The lowest BCUT2D eigenvalue weighted by atomic mass is 9.90. The largest absolute Gasteiger partial charge is 0.476 e. The number of sulfonamides is 1. The lowest BCUT2D eigenvalue weighted by Gasteiger charge is -2.43. The number of hydrogen-bond acceptors (Lipinski definition) is 7. The first-order valence-corrected chi connectivity index (χ1v) is 14.1. The number of nitrogens with zero attached hydrogens (tertiary/aromatic N) is 2. The minimum absolute atomic E-state index is 0.0793. The van der Waals surface area contributed by atoms with Crippen molar-refractivity contribution in [3.63, 3.8) is 0 Å². The van der Waals surface area contributed by atoms with Gasteiger partial charge in [-0.3, -0.25) is 0 Å². The minimum Gasteiger partial charge on any atom is -0.476 e. The summed E-state index contributed by atoms with van der Waals surface area (Å²) < 4.78 is 53.5. The molecule has 1 heterocycles. The molecule has 0 unspecified atom stereocenters. The van der Waals surface area contributed by atoms with Crippen LogP contribution in [0.15, 0.2) is 34.0 Å². The van der Waals surface area contributed by atoms with Gasteiger partial charge in [0.05, 0.1) is 23.2 Å². The molecule has 8 nitrogen and oxygen atoms in total. The van der Waals surface area contributed by atoms with Crippen LogP contribution in [0.1, 0.15) is 39.0 Å². The average molecular weight is 515 g/mol. The van der Waals surface area contributed by atoms with Crippen molar-refractivity contribution in [2.75, 3.05) is 38.0 Å². The van der Waals surface area contributed by atoms with E-state index in [4.69, 9.17) is 14.6 Å². The third-order valence-electron chi connectivity index (χ3n) is 7.39. The van der Waals surface area contributed by atoms with Crippen LogP contribution < -0.4 is 9.64 Å². The number of carbonyl (C=O) groups is 1. The zero-order valence-corrected chi connectivity index (χ0v) is 21.3. The number of hydrogen-bond donors (Lipinski definition) is 1. The van der Waals surface area contributed by atoms with Crippen LogP contribution in [0, 0.1) is 5.92 Å². The molecule has 2 bridgehead atoms. The van der Waals surface area contributed by atoms with Crippen molar-refractivity contribution in [3.05, 3.63) is 24.2 Å². The summed E-state index contributed by atoms with van der Waals surface area (Å²) in [5, 5.41) is 8.80. The van der Waals surface area contributed by atoms with Crippen LogP contribution in [0.5, 0.6) is 5.75 Å². The first-order chi connectivity index (χ1) is 16.1. The number of carboxylic acids is 1. The van der Waals surface area contributed by atoms with Gasteiger partial charge in [0.2, 0.25) is 15.9 Å². The summed E-state index contributed by atoms with van der Waals surface area (Å²) >= 11 is 1.33. The van der Waals surface area contributed by atoms with Gasteiger partial charge in [-0.25, -0.2) is 13.2 Å². The third kappa shape index (κ3) is 4.43. The SMILES string of the molecule is CCOC[C@@H]1CN(C23CCC(CC2)C3)c2cc(SC)c(O/C=C(\F)C(=O)O)cc2S(=O)(=O)N1C. The van der Waals surface area contributed by atoms with Crippen molar-refractivity contribution in [3.8, 4) is 5.75 Å². The maximum Gasteiger partial charge on any atom is 0.368 e. The van der Waals surface area contributed by atoms with Crippen molar-refractivity contribution >= 4 is 33.4 Å². The summed E-state index contributed by atoms with van der Waals surface area (Å²) in [5.41, 5.74) is 0.519. The number of benzene rings is 1. The van der Waals surface area contributed by atoms with E-state index >= 15 is 0 Å². The molecule has 1 atom stereocenters. The maximum absolute atomic E-state index is 13.8. The van der Waals surface area contributed by atoms with Gasteiger partial charge < -0.3 is 19.5 Å². The first kappa shape index (κ1) is 25.3. The van der Waals surface area contributed by atoms with E-state index < -0.39 is 21.8 Å². The van der Waals surface area contributed by atoms with Crippen molar-refractivity contribution in [2.24, 2.45) is 5.92 Å². The molecule has 2 fully saturated rings. The van der Waals surface area contributed by atoms with Gasteiger partial charge in [0.15, 0.2) is 0 Å². The summed E-state index contributed by atoms with van der Waals surface area (Å²) in [5.74, 6) is -2.47. The van der Waals surface area contributed by atoms with Crippen LogP contribution >= 0.6 is 11.8 Å². The lowest BCUT2D eigenvalue weighted by molar-refractivity contribution is -0.134. The van der Waals surface area contributed by atoms with Crippen molar-refractivity contribution in [1.29, 1.82) is 0 Å². The van der Waals surface area contributed by atoms with Crippen molar-refractivity contribution < 1.29 is 32.2 Å². The first-order valence-electron chi connectivity index (χ1n) is 11.4. The van der Waals surface area contributed by atoms with Crippen LogP contribution in [0.4, 0.5) is 10.1 Å². The summed E-state index contributed by atoms with van der Waals surface area (Å²) in [6.45, 7) is 3.16. The lowest BCUT2D eigenvalue weighted by Crippen LogP contribution is -2.52. The van der Waals surface area contributed by atoms with Gasteiger partial charge in [0, 0.05) is 31.8 Å². The second-order valence-corrected chi connectivity index (χ2v) is 12.0. The van der Waals surface area contributed by atoms with E-state index in [2.05, 4.69) is 4.90 Å². The van der Waals surface area contributed by atoms with E-state index in [9.17, 15) is 17.6 Å². The van der Waals surface area contributed by atoms with Gasteiger partial charge >= 0.3 is 5.97 Å². The highest BCUT2D eigenvalue weighted by atomic mass is 32.2. The zero-order valence-electron chi connectivity index (χ0n) is 19.6. The van der Waals surface area contributed by atoms with E-state index in [1.54, 1.807) is 13.1 Å². The molecule has 34 heavy (non-hydrogen) atoms. The Kier molecular flexibility index (Phi) is 7.19. The number of ether oxygens (including phenoxy) is 2. The fourth-order valence-electron chi connectivity index (χ4n) is 5.54. The zero-order chi connectivity index (χ0) is 24.7. The molecule has 4 rings (SSSR count). The van der Waals surface area contributed by atoms with Crippen molar-refractivity contribution in [2.45, 2.75) is 60.4 Å². The topological polar surface area (TPSA) is 96.4 Å². The number of likely N-dealkylation sites (N-methyl/N-ethyl adjacent to an activating group) is 1. The number of rotatable bonds is 8. The van der Waals surface area contributed by atoms with E-state index in [1.165, 1.54) is 22.1 Å². The Bertz CT molecular complexity index is 1090. The highest BCUT2D eigenvalue weighted by Crippen LogP contribution is 2.54. The van der Waals surface area contributed by atoms with E-state index in [0.29, 0.717) is 35.9 Å². The summed E-state index contributed by atoms with van der Waals surface area (Å²) in [4.78, 5) is 13.8. The Labute approximate surface area is 204 Å². The highest BCUT2D eigenvalue weighted by molar-refractivity contribution is 7.98. The van der Waals surface area contributed by atoms with E-state index in [0.717, 1.165) is 32.1 Å². The number of thioether (sulfide) groups is 1. The summed E-state index contributed by atoms with van der Waals surface area (Å²) in [6.07, 6.45) is 7.65. The number of aliphatic carboxylic acids is 1. The number of fused-ring (bicyclic) bond motifs is 3. The molecule has 1 aromatic rings. The fraction of sp³-hybridized carbons (Fsp3) is 0.609. The standard InChI is InChI=1S/C23H31FN2O6S2/c1-4-31-13-16-12-26(23-7-5-15(11-23)6-8-23)18-9-20(33-3)19(32-14-17(24)22(27)28)10-21(18)34(29,30)25(16)2/h9-10,14-16H,4-8,11-13H2,1-3H3,(H,27,28)/b17-14-/t15?,16-,23?/m0/s1. The summed E-state index contributed by atoms with van der Waals surface area (Å²) in [6, 6.07) is 2.81. The molecule has 0 saturated heterocycles. The van der Waals surface area contributed by atoms with Gasteiger partial charge in [-0.1, -0.05) is 0 Å². The Morgan fingerprint density at radius 3 is 2.62 bits per heavy atom. The fourth-order valence-corrected chi connectivity index (χ4v) is 7.60. The molecular weight excluding hydrogens is 483 g/mol. The predicted octanol–water partition coefficient (Wildman–Crippen LogP) is 3.86. The Morgan fingerprint density at radius 1 is 1.35 bits per heavy atom. The number of anilines is 1.